The molecule has 2 N–H and O–H groups in total. The quantitative estimate of drug-likeness (QED) is 0.618. The summed E-state index contributed by atoms with van der Waals surface area (Å²) in [5.41, 5.74) is 1.32. The lowest BCUT2D eigenvalue weighted by Crippen LogP contribution is -2.59. The van der Waals surface area contributed by atoms with Gasteiger partial charge in [0.25, 0.3) is 5.91 Å². The number of hydrogen-bond donors (Lipinski definition) is 2. The number of nitrogens with one attached hydrogen (secondary N) is 2. The van der Waals surface area contributed by atoms with E-state index in [1.165, 1.54) is 6.20 Å². The molecule has 5 rings (SSSR count). The van der Waals surface area contributed by atoms with Crippen molar-refractivity contribution >= 4 is 29.4 Å². The fourth-order valence-electron chi connectivity index (χ4n) is 5.54. The van der Waals surface area contributed by atoms with Crippen LogP contribution in [0.2, 0.25) is 5.02 Å². The maximum absolute atomic E-state index is 13.7. The van der Waals surface area contributed by atoms with E-state index in [0.29, 0.717) is 29.8 Å². The van der Waals surface area contributed by atoms with E-state index in [4.69, 9.17) is 16.3 Å². The fraction of sp³-hybridized carbons (Fsp3) is 0.615. The van der Waals surface area contributed by atoms with E-state index in [0.717, 1.165) is 56.9 Å². The van der Waals surface area contributed by atoms with Crippen LogP contribution in [-0.4, -0.2) is 87.3 Å². The van der Waals surface area contributed by atoms with Crippen LogP contribution in [0.25, 0.3) is 0 Å². The first-order valence-corrected chi connectivity index (χ1v) is 13.0. The third-order valence-electron chi connectivity index (χ3n) is 7.71. The average Bonchev–Trinajstić information content (AvgIpc) is 3.37. The van der Waals surface area contributed by atoms with Gasteiger partial charge in [-0.3, -0.25) is 14.8 Å². The Hall–Kier alpha value is -2.69. The molecule has 11 heteroatoms. The molecule has 202 valence electrons. The Morgan fingerprint density at radius 1 is 1.24 bits per heavy atom. The van der Waals surface area contributed by atoms with Gasteiger partial charge in [-0.05, 0) is 51.7 Å². The van der Waals surface area contributed by atoms with E-state index < -0.39 is 5.54 Å². The monoisotopic (exact) mass is 531 g/mol. The molecule has 1 atom stereocenters. The summed E-state index contributed by atoms with van der Waals surface area (Å²) in [5, 5.41) is 10.7. The zero-order chi connectivity index (χ0) is 25.4. The number of H-pyrrole nitrogens is 1. The van der Waals surface area contributed by atoms with Gasteiger partial charge in [0, 0.05) is 57.2 Å². The number of nitrogens with zero attached hydrogens (tertiary/aromatic N) is 5. The third-order valence-corrected chi connectivity index (χ3v) is 7.93. The van der Waals surface area contributed by atoms with E-state index in [1.54, 1.807) is 12.1 Å². The molecule has 10 nitrogen and oxygen atoms in total. The summed E-state index contributed by atoms with van der Waals surface area (Å²) in [6.45, 7) is 11.8. The van der Waals surface area contributed by atoms with E-state index >= 15 is 0 Å². The summed E-state index contributed by atoms with van der Waals surface area (Å²) in [5.74, 6) is 0.724. The number of carbonyl (C=O) groups is 2. The summed E-state index contributed by atoms with van der Waals surface area (Å²) >= 11 is 5.88. The van der Waals surface area contributed by atoms with Crippen molar-refractivity contribution in [1.82, 2.24) is 29.9 Å². The molecule has 0 saturated carbocycles. The van der Waals surface area contributed by atoms with Crippen LogP contribution in [0, 0.1) is 5.92 Å². The summed E-state index contributed by atoms with van der Waals surface area (Å²) in [6.07, 6.45) is 3.67. The van der Waals surface area contributed by atoms with Gasteiger partial charge in [-0.2, -0.15) is 5.10 Å². The number of rotatable bonds is 4. The molecular weight excluding hydrogens is 494 g/mol. The van der Waals surface area contributed by atoms with E-state index in [2.05, 4.69) is 32.3 Å². The van der Waals surface area contributed by atoms with Gasteiger partial charge in [0.05, 0.1) is 22.8 Å². The van der Waals surface area contributed by atoms with Crippen LogP contribution in [0.1, 0.15) is 62.8 Å². The van der Waals surface area contributed by atoms with Gasteiger partial charge >= 0.3 is 6.03 Å². The van der Waals surface area contributed by atoms with E-state index in [9.17, 15) is 9.59 Å². The van der Waals surface area contributed by atoms with Crippen molar-refractivity contribution < 1.29 is 14.3 Å². The minimum atomic E-state index is -0.583. The lowest BCUT2D eigenvalue weighted by Gasteiger charge is -2.44. The van der Waals surface area contributed by atoms with Gasteiger partial charge in [-0.25, -0.2) is 9.78 Å². The highest BCUT2D eigenvalue weighted by molar-refractivity contribution is 6.30. The van der Waals surface area contributed by atoms with Crippen LogP contribution in [0.5, 0.6) is 0 Å². The second-order valence-electron chi connectivity index (χ2n) is 10.5. The van der Waals surface area contributed by atoms with E-state index in [-0.39, 0.29) is 31.1 Å². The molecule has 2 aromatic heterocycles. The number of piperazine rings is 1. The minimum Gasteiger partial charge on any atom is -0.381 e. The molecule has 3 amide bonds. The first kappa shape index (κ1) is 27.3. The molecule has 37 heavy (non-hydrogen) atoms. The Bertz CT molecular complexity index is 1110. The molecule has 0 aromatic carbocycles. The number of anilines is 1. The molecular formula is C26H38ClN7O3. The largest absolute Gasteiger partial charge is 0.381 e. The standard InChI is InChI=1S/C25H34ClN7O3.CH4/c1-16-13-31(14-17-6-10-36-11-7-17)8-9-32(16)24(35)33-15-19-21(25(33,2)3)29-30-22(19)28-23(34)20-5-4-18(26)12-27-20;/h4-5,12,16-17H,6-11,13-15H2,1-3H3,(H2,28,29,30,34);1H4/t16-;/m0./s1. The molecule has 2 aromatic rings. The molecule has 0 radical (unpaired) electrons. The van der Waals surface area contributed by atoms with Gasteiger partial charge in [0.2, 0.25) is 0 Å². The molecule has 2 fully saturated rings. The maximum atomic E-state index is 13.7. The van der Waals surface area contributed by atoms with Crippen molar-refractivity contribution in [2.45, 2.75) is 59.2 Å². The van der Waals surface area contributed by atoms with Crippen molar-refractivity contribution in [3.63, 3.8) is 0 Å². The first-order valence-electron chi connectivity index (χ1n) is 12.6. The lowest BCUT2D eigenvalue weighted by atomic mass is 9.99. The van der Waals surface area contributed by atoms with Crippen molar-refractivity contribution in [3.05, 3.63) is 40.3 Å². The summed E-state index contributed by atoms with van der Waals surface area (Å²) < 4.78 is 5.50. The van der Waals surface area contributed by atoms with Crippen LogP contribution < -0.4 is 5.32 Å². The van der Waals surface area contributed by atoms with Crippen molar-refractivity contribution in [3.8, 4) is 0 Å². The summed E-state index contributed by atoms with van der Waals surface area (Å²) in [7, 11) is 0. The van der Waals surface area contributed by atoms with Gasteiger partial charge < -0.3 is 19.9 Å². The zero-order valence-corrected chi connectivity index (χ0v) is 21.8. The van der Waals surface area contributed by atoms with Crippen LogP contribution in [-0.2, 0) is 16.8 Å². The highest BCUT2D eigenvalue weighted by Crippen LogP contribution is 2.41. The molecule has 2 saturated heterocycles. The molecule has 3 aliphatic heterocycles. The minimum absolute atomic E-state index is 0. The van der Waals surface area contributed by atoms with Gasteiger partial charge in [0.15, 0.2) is 5.82 Å². The number of halogens is 1. The number of pyridine rings is 1. The molecule has 3 aliphatic rings. The number of ether oxygens (including phenoxy) is 1. The summed E-state index contributed by atoms with van der Waals surface area (Å²) in [6, 6.07) is 3.31. The lowest BCUT2D eigenvalue weighted by molar-refractivity contribution is 0.0290. The Morgan fingerprint density at radius 2 is 2.00 bits per heavy atom. The molecule has 5 heterocycles. The second kappa shape index (κ2) is 11.0. The number of carbonyl (C=O) groups excluding carboxylic acids is 2. The number of aromatic amines is 1. The second-order valence-corrected chi connectivity index (χ2v) is 11.0. The zero-order valence-electron chi connectivity index (χ0n) is 21.1. The molecule has 0 aliphatic carbocycles. The Labute approximate surface area is 223 Å². The molecule has 0 unspecified atom stereocenters. The highest BCUT2D eigenvalue weighted by atomic mass is 35.5. The Morgan fingerprint density at radius 3 is 2.68 bits per heavy atom. The average molecular weight is 532 g/mol. The van der Waals surface area contributed by atoms with Crippen molar-refractivity contribution in [2.75, 3.05) is 44.7 Å². The van der Waals surface area contributed by atoms with Crippen LogP contribution >= 0.6 is 11.6 Å². The van der Waals surface area contributed by atoms with Gasteiger partial charge in [0.1, 0.15) is 5.69 Å². The number of amides is 3. The Kier molecular flexibility index (Phi) is 8.11. The first-order chi connectivity index (χ1) is 17.2. The maximum Gasteiger partial charge on any atom is 0.321 e. The smallest absolute Gasteiger partial charge is 0.321 e. The fourth-order valence-corrected chi connectivity index (χ4v) is 5.65. The van der Waals surface area contributed by atoms with E-state index in [1.807, 2.05) is 23.6 Å². The third kappa shape index (κ3) is 5.46. The summed E-state index contributed by atoms with van der Waals surface area (Å²) in [4.78, 5) is 36.9. The SMILES string of the molecule is C.C[C@H]1CN(CC2CCOCC2)CCN1C(=O)N1Cc2c(NC(=O)c3ccc(Cl)cn3)n[nH]c2C1(C)C. The van der Waals surface area contributed by atoms with Gasteiger partial charge in [-0.15, -0.1) is 0 Å². The number of aromatic nitrogens is 3. The number of fused-ring (bicyclic) bond motifs is 1. The number of urea groups is 1. The number of hydrogen-bond acceptors (Lipinski definition) is 6. The van der Waals surface area contributed by atoms with Crippen molar-refractivity contribution in [2.24, 2.45) is 5.92 Å². The predicted molar refractivity (Wildman–Crippen MR) is 143 cm³/mol. The van der Waals surface area contributed by atoms with Crippen LogP contribution in [0.3, 0.4) is 0 Å². The normalized spacial score (nSPS) is 21.9. The van der Waals surface area contributed by atoms with Crippen LogP contribution in [0.15, 0.2) is 18.3 Å². The Balaban J connectivity index is 0.00000320. The van der Waals surface area contributed by atoms with Gasteiger partial charge in [-0.1, -0.05) is 19.0 Å². The molecule has 0 bridgehead atoms. The van der Waals surface area contributed by atoms with Crippen molar-refractivity contribution in [1.29, 1.82) is 0 Å². The topological polar surface area (TPSA) is 107 Å². The predicted octanol–water partition coefficient (Wildman–Crippen LogP) is 3.95. The molecule has 0 spiro atoms. The highest BCUT2D eigenvalue weighted by Gasteiger charge is 2.46. The van der Waals surface area contributed by atoms with Crippen LogP contribution in [0.4, 0.5) is 10.6 Å².